The van der Waals surface area contributed by atoms with E-state index < -0.39 is 12.0 Å². The zero-order valence-corrected chi connectivity index (χ0v) is 16.6. The molecule has 1 aliphatic carbocycles. The number of aliphatic carboxylic acids is 1. The maximum atomic E-state index is 11.9. The van der Waals surface area contributed by atoms with E-state index in [4.69, 9.17) is 10.00 Å². The molecule has 0 aromatic heterocycles. The molecule has 0 aliphatic heterocycles. The van der Waals surface area contributed by atoms with E-state index in [0.717, 1.165) is 5.56 Å². The monoisotopic (exact) mass is 392 g/mol. The van der Waals surface area contributed by atoms with E-state index in [1.54, 1.807) is 30.3 Å². The number of rotatable bonds is 9. The quantitative estimate of drug-likeness (QED) is 0.681. The Morgan fingerprint density at radius 2 is 1.97 bits per heavy atom. The van der Waals surface area contributed by atoms with Crippen LogP contribution >= 0.6 is 0 Å². The molecule has 29 heavy (non-hydrogen) atoms. The molecular formula is C23H26N3O3-. The summed E-state index contributed by atoms with van der Waals surface area (Å²) in [5, 5.41) is 27.4. The molecule has 0 heterocycles. The van der Waals surface area contributed by atoms with Gasteiger partial charge in [0.2, 0.25) is 0 Å². The third-order valence-electron chi connectivity index (χ3n) is 5.14. The van der Waals surface area contributed by atoms with Gasteiger partial charge in [0.05, 0.1) is 30.3 Å². The van der Waals surface area contributed by atoms with Crippen molar-refractivity contribution in [3.8, 4) is 11.8 Å². The molecule has 0 radical (unpaired) electrons. The number of carboxylic acid groups (broad SMARTS) is 1. The van der Waals surface area contributed by atoms with E-state index in [9.17, 15) is 9.90 Å². The number of benzene rings is 2. The summed E-state index contributed by atoms with van der Waals surface area (Å²) in [4.78, 5) is 11.9. The highest BCUT2D eigenvalue weighted by molar-refractivity contribution is 5.78. The van der Waals surface area contributed by atoms with Gasteiger partial charge in [0, 0.05) is 18.3 Å². The van der Waals surface area contributed by atoms with Crippen LogP contribution in [0, 0.1) is 11.3 Å². The Hall–Kier alpha value is -3.04. The van der Waals surface area contributed by atoms with Crippen LogP contribution in [-0.4, -0.2) is 18.6 Å². The van der Waals surface area contributed by atoms with Crippen molar-refractivity contribution in [1.82, 2.24) is 5.32 Å². The highest BCUT2D eigenvalue weighted by atomic mass is 16.5. The fraction of sp³-hybridized carbons (Fsp3) is 0.391. The number of anilines is 1. The van der Waals surface area contributed by atoms with Crippen molar-refractivity contribution in [3.05, 3.63) is 59.2 Å². The topological polar surface area (TPSA) is 97.2 Å². The molecule has 2 aromatic rings. The summed E-state index contributed by atoms with van der Waals surface area (Å²) in [7, 11) is 0. The number of carboxylic acids is 1. The highest BCUT2D eigenvalue weighted by Gasteiger charge is 2.17. The lowest BCUT2D eigenvalue weighted by Crippen LogP contribution is -2.34. The Balaban J connectivity index is 1.82. The summed E-state index contributed by atoms with van der Waals surface area (Å²) in [5.41, 5.74) is 2.67. The third kappa shape index (κ3) is 5.72. The Bertz CT molecular complexity index is 868. The van der Waals surface area contributed by atoms with Crippen molar-refractivity contribution in [2.75, 3.05) is 11.9 Å². The summed E-state index contributed by atoms with van der Waals surface area (Å²) < 4.78 is 5.66. The van der Waals surface area contributed by atoms with E-state index in [0.29, 0.717) is 41.8 Å². The zero-order valence-electron chi connectivity index (χ0n) is 16.6. The van der Waals surface area contributed by atoms with Crippen LogP contribution in [0.3, 0.4) is 0 Å². The maximum Gasteiger partial charge on any atom is 0.119 e. The molecule has 0 amide bonds. The lowest BCUT2D eigenvalue weighted by Gasteiger charge is -2.23. The summed E-state index contributed by atoms with van der Waals surface area (Å²) in [6.07, 6.45) is 4.87. The van der Waals surface area contributed by atoms with Gasteiger partial charge in [-0.3, -0.25) is 0 Å². The smallest absolute Gasteiger partial charge is 0.119 e. The van der Waals surface area contributed by atoms with Crippen molar-refractivity contribution in [3.63, 3.8) is 0 Å². The van der Waals surface area contributed by atoms with Gasteiger partial charge in [-0.25, -0.2) is 0 Å². The van der Waals surface area contributed by atoms with Gasteiger partial charge in [-0.15, -0.1) is 0 Å². The summed E-state index contributed by atoms with van der Waals surface area (Å²) in [6.45, 7) is 3.06. The fourth-order valence-electron chi connectivity index (χ4n) is 3.68. The molecule has 0 saturated heterocycles. The minimum absolute atomic E-state index is 0.498. The van der Waals surface area contributed by atoms with Gasteiger partial charge in [-0.2, -0.15) is 5.26 Å². The first-order valence-corrected chi connectivity index (χ1v) is 10.1. The van der Waals surface area contributed by atoms with Gasteiger partial charge in [-0.05, 0) is 67.3 Å². The molecule has 152 valence electrons. The highest BCUT2D eigenvalue weighted by Crippen LogP contribution is 2.26. The van der Waals surface area contributed by atoms with Crippen molar-refractivity contribution in [2.45, 2.75) is 51.2 Å². The minimum atomic E-state index is -1.22. The molecule has 0 spiro atoms. The number of hydrogen-bond donors (Lipinski definition) is 2. The summed E-state index contributed by atoms with van der Waals surface area (Å²) in [6, 6.07) is 13.7. The average Bonchev–Trinajstić information content (AvgIpc) is 3.24. The number of carbonyl (C=O) groups excluding carboxylic acids is 1. The first-order chi connectivity index (χ1) is 14.1. The summed E-state index contributed by atoms with van der Waals surface area (Å²) >= 11 is 0. The first kappa shape index (κ1) is 20.7. The number of nitrogens with zero attached hydrogens (tertiary/aromatic N) is 1. The van der Waals surface area contributed by atoms with Crippen molar-refractivity contribution < 1.29 is 14.6 Å². The lowest BCUT2D eigenvalue weighted by atomic mass is 10.0. The Labute approximate surface area is 171 Å². The van der Waals surface area contributed by atoms with Crippen molar-refractivity contribution in [1.29, 1.82) is 5.26 Å². The Morgan fingerprint density at radius 3 is 2.59 bits per heavy atom. The van der Waals surface area contributed by atoms with Crippen LogP contribution in [0.4, 0.5) is 5.69 Å². The number of hydrogen-bond acceptors (Lipinski definition) is 6. The first-order valence-electron chi connectivity index (χ1n) is 10.1. The second-order valence-corrected chi connectivity index (χ2v) is 7.29. The molecule has 2 aromatic carbocycles. The Kier molecular flexibility index (Phi) is 7.09. The zero-order chi connectivity index (χ0) is 20.6. The SMILES string of the molecule is CCOc1cc(CNC2CCCC2)cc(C(Nc2ccc(C#N)cc2)C(=O)[O-])c1. The van der Waals surface area contributed by atoms with E-state index in [2.05, 4.69) is 10.6 Å². The van der Waals surface area contributed by atoms with Crippen LogP contribution in [0.5, 0.6) is 5.75 Å². The van der Waals surface area contributed by atoms with Gasteiger partial charge < -0.3 is 25.3 Å². The molecule has 6 nitrogen and oxygen atoms in total. The average molecular weight is 392 g/mol. The minimum Gasteiger partial charge on any atom is -0.548 e. The number of nitrogens with one attached hydrogen (secondary N) is 2. The maximum absolute atomic E-state index is 11.9. The number of carbonyl (C=O) groups is 1. The van der Waals surface area contributed by atoms with Gasteiger partial charge >= 0.3 is 0 Å². The molecule has 1 saturated carbocycles. The van der Waals surface area contributed by atoms with Crippen molar-refractivity contribution in [2.24, 2.45) is 0 Å². The molecule has 1 fully saturated rings. The van der Waals surface area contributed by atoms with Crippen molar-refractivity contribution >= 4 is 11.7 Å². The van der Waals surface area contributed by atoms with E-state index in [1.165, 1.54) is 25.7 Å². The molecule has 1 unspecified atom stereocenters. The molecule has 0 bridgehead atoms. The second kappa shape index (κ2) is 9.94. The summed E-state index contributed by atoms with van der Waals surface area (Å²) in [5.74, 6) is -0.584. The standard InChI is InChI=1S/C23H27N3O3/c1-2-29-21-12-17(15-25-19-5-3-4-6-19)11-18(13-21)22(23(27)28)26-20-9-7-16(14-24)8-10-20/h7-13,19,22,25-26H,2-6,15H2,1H3,(H,27,28)/p-1. The van der Waals surface area contributed by atoms with Crippen LogP contribution in [0.25, 0.3) is 0 Å². The second-order valence-electron chi connectivity index (χ2n) is 7.29. The van der Waals surface area contributed by atoms with Crippen LogP contribution in [0.1, 0.15) is 55.3 Å². The molecular weight excluding hydrogens is 366 g/mol. The fourth-order valence-corrected chi connectivity index (χ4v) is 3.68. The van der Waals surface area contributed by atoms with Crippen LogP contribution in [0.15, 0.2) is 42.5 Å². The van der Waals surface area contributed by atoms with Gasteiger partial charge in [0.15, 0.2) is 0 Å². The number of ether oxygens (including phenoxy) is 1. The van der Waals surface area contributed by atoms with Gasteiger partial charge in [0.1, 0.15) is 5.75 Å². The third-order valence-corrected chi connectivity index (χ3v) is 5.14. The molecule has 1 atom stereocenters. The van der Waals surface area contributed by atoms with E-state index in [1.807, 2.05) is 25.1 Å². The number of nitriles is 1. The van der Waals surface area contributed by atoms with Gasteiger partial charge in [-0.1, -0.05) is 18.9 Å². The Morgan fingerprint density at radius 1 is 1.24 bits per heavy atom. The van der Waals surface area contributed by atoms with Crippen LogP contribution in [0.2, 0.25) is 0 Å². The van der Waals surface area contributed by atoms with Gasteiger partial charge in [0.25, 0.3) is 0 Å². The normalized spacial score (nSPS) is 14.9. The lowest BCUT2D eigenvalue weighted by molar-refractivity contribution is -0.307. The van der Waals surface area contributed by atoms with Crippen LogP contribution in [-0.2, 0) is 11.3 Å². The molecule has 3 rings (SSSR count). The molecule has 2 N–H and O–H groups in total. The van der Waals surface area contributed by atoms with E-state index in [-0.39, 0.29) is 0 Å². The molecule has 6 heteroatoms. The molecule has 1 aliphatic rings. The van der Waals surface area contributed by atoms with E-state index >= 15 is 0 Å². The predicted octanol–water partition coefficient (Wildman–Crippen LogP) is 2.89. The predicted molar refractivity (Wildman–Crippen MR) is 109 cm³/mol. The largest absolute Gasteiger partial charge is 0.548 e. The van der Waals surface area contributed by atoms with Crippen LogP contribution < -0.4 is 20.5 Å².